The van der Waals surface area contributed by atoms with Crippen molar-refractivity contribution in [3.63, 3.8) is 0 Å². The first-order chi connectivity index (χ1) is 10.0. The predicted octanol–water partition coefficient (Wildman–Crippen LogP) is 0.00560. The van der Waals surface area contributed by atoms with Gasteiger partial charge in [-0.25, -0.2) is 4.98 Å². The van der Waals surface area contributed by atoms with Gasteiger partial charge in [-0.05, 0) is 42.0 Å². The monoisotopic (exact) mass is 323 g/mol. The summed E-state index contributed by atoms with van der Waals surface area (Å²) in [4.78, 5) is 15.3. The van der Waals surface area contributed by atoms with Crippen LogP contribution in [-0.2, 0) is 4.79 Å². The summed E-state index contributed by atoms with van der Waals surface area (Å²) in [5.41, 5.74) is 2.67. The minimum absolute atomic E-state index is 0. The number of carboxylic acids is 1. The molecule has 0 N–H and O–H groups in total. The van der Waals surface area contributed by atoms with E-state index in [0.717, 1.165) is 5.56 Å². The van der Waals surface area contributed by atoms with Crippen LogP contribution in [0.4, 0.5) is 0 Å². The number of carbonyl (C=O) groups excluding carboxylic acids is 1. The molecule has 1 aromatic heterocycles. The number of aliphatic carboxylic acids is 1. The first-order valence-corrected chi connectivity index (χ1v) is 6.79. The summed E-state index contributed by atoms with van der Waals surface area (Å²) in [7, 11) is 0. The Kier molecular flexibility index (Phi) is 5.29. The molecule has 2 aromatic carbocycles. The van der Waals surface area contributed by atoms with Crippen molar-refractivity contribution < 1.29 is 43.9 Å². The Balaban J connectivity index is 0.00000176. The summed E-state index contributed by atoms with van der Waals surface area (Å²) in [5.74, 6) is -1.33. The number of hydrogen-bond donors (Lipinski definition) is 0. The molecule has 0 amide bonds. The van der Waals surface area contributed by atoms with Gasteiger partial charge in [0, 0.05) is 22.5 Å². The fourth-order valence-corrected chi connectivity index (χ4v) is 2.19. The Labute approximate surface area is 154 Å². The summed E-state index contributed by atoms with van der Waals surface area (Å²) in [6.45, 7) is 1.58. The third kappa shape index (κ3) is 3.36. The van der Waals surface area contributed by atoms with Gasteiger partial charge in [-0.3, -0.25) is 0 Å². The van der Waals surface area contributed by atoms with Crippen molar-refractivity contribution in [3.8, 4) is 11.5 Å². The molecule has 0 spiro atoms. The molecule has 0 aliphatic rings. The first kappa shape index (κ1) is 17.0. The Morgan fingerprint density at radius 3 is 2.55 bits per heavy atom. The topological polar surface area (TPSA) is 66.2 Å². The molecule has 0 unspecified atom stereocenters. The molecule has 0 saturated heterocycles. The predicted molar refractivity (Wildman–Crippen MR) is 77.9 cm³/mol. The number of fused-ring (bicyclic) bond motifs is 1. The van der Waals surface area contributed by atoms with Crippen molar-refractivity contribution in [2.24, 2.45) is 0 Å². The fourth-order valence-electron chi connectivity index (χ4n) is 2.07. The van der Waals surface area contributed by atoms with E-state index in [1.165, 1.54) is 0 Å². The minimum atomic E-state index is -1.12. The Morgan fingerprint density at radius 1 is 1.23 bits per heavy atom. The molecule has 6 heteroatoms. The zero-order chi connectivity index (χ0) is 15.0. The van der Waals surface area contributed by atoms with E-state index < -0.39 is 11.9 Å². The SMILES string of the molecule is C[C@H](C(=O)[O-])c1ccc2oc(-c3ccc(Cl)cc3)nc2c1.[Na+]. The summed E-state index contributed by atoms with van der Waals surface area (Å²) in [6, 6.07) is 12.3. The van der Waals surface area contributed by atoms with Gasteiger partial charge in [-0.15, -0.1) is 0 Å². The Bertz CT molecular complexity index is 814. The second-order valence-corrected chi connectivity index (χ2v) is 5.23. The molecule has 0 fully saturated rings. The van der Waals surface area contributed by atoms with E-state index in [4.69, 9.17) is 16.0 Å². The maximum absolute atomic E-state index is 10.9. The Morgan fingerprint density at radius 2 is 1.91 bits per heavy atom. The summed E-state index contributed by atoms with van der Waals surface area (Å²) < 4.78 is 5.67. The second kappa shape index (κ2) is 6.84. The summed E-state index contributed by atoms with van der Waals surface area (Å²) >= 11 is 5.85. The fraction of sp³-hybridized carbons (Fsp3) is 0.125. The third-order valence-electron chi connectivity index (χ3n) is 3.36. The molecule has 0 bridgehead atoms. The molecule has 1 atom stereocenters. The molecular weight excluding hydrogens is 313 g/mol. The van der Waals surface area contributed by atoms with E-state index in [1.54, 1.807) is 37.3 Å². The Hall–Kier alpha value is -1.33. The van der Waals surface area contributed by atoms with Crippen LogP contribution in [0.2, 0.25) is 5.02 Å². The molecule has 106 valence electrons. The van der Waals surface area contributed by atoms with Crippen LogP contribution < -0.4 is 34.7 Å². The quantitative estimate of drug-likeness (QED) is 0.637. The molecular formula is C16H11ClNNaO3. The number of rotatable bonds is 3. The van der Waals surface area contributed by atoms with Gasteiger partial charge in [0.1, 0.15) is 5.52 Å². The number of carboxylic acid groups (broad SMARTS) is 1. The smallest absolute Gasteiger partial charge is 0.550 e. The van der Waals surface area contributed by atoms with Crippen LogP contribution in [0.1, 0.15) is 18.4 Å². The molecule has 0 radical (unpaired) electrons. The molecule has 3 rings (SSSR count). The van der Waals surface area contributed by atoms with E-state index in [1.807, 2.05) is 12.1 Å². The van der Waals surface area contributed by atoms with Crippen molar-refractivity contribution in [1.29, 1.82) is 0 Å². The first-order valence-electron chi connectivity index (χ1n) is 6.42. The van der Waals surface area contributed by atoms with E-state index in [2.05, 4.69) is 4.98 Å². The van der Waals surface area contributed by atoms with Crippen LogP contribution in [-0.4, -0.2) is 11.0 Å². The number of nitrogens with zero attached hydrogens (tertiary/aromatic N) is 1. The van der Waals surface area contributed by atoms with Gasteiger partial charge in [0.2, 0.25) is 5.89 Å². The van der Waals surface area contributed by atoms with Crippen molar-refractivity contribution in [2.75, 3.05) is 0 Å². The molecule has 0 saturated carbocycles. The molecule has 1 heterocycles. The maximum atomic E-state index is 10.9. The van der Waals surface area contributed by atoms with Gasteiger partial charge < -0.3 is 14.3 Å². The number of oxazole rings is 1. The van der Waals surface area contributed by atoms with Crippen LogP contribution in [0.3, 0.4) is 0 Å². The number of carbonyl (C=O) groups is 1. The standard InChI is InChI=1S/C16H12ClNO3.Na/c1-9(16(19)20)11-4-7-14-13(8-11)18-15(21-14)10-2-5-12(17)6-3-10;/h2-9H,1H3,(H,19,20);/q;+1/p-1/t9-;/m0./s1. The van der Waals surface area contributed by atoms with Crippen molar-refractivity contribution in [2.45, 2.75) is 12.8 Å². The van der Waals surface area contributed by atoms with Gasteiger partial charge in [0.15, 0.2) is 5.58 Å². The van der Waals surface area contributed by atoms with E-state index in [-0.39, 0.29) is 29.6 Å². The molecule has 4 nitrogen and oxygen atoms in total. The van der Waals surface area contributed by atoms with Crippen molar-refractivity contribution in [1.82, 2.24) is 4.98 Å². The van der Waals surface area contributed by atoms with Crippen molar-refractivity contribution >= 4 is 28.7 Å². The number of benzene rings is 2. The third-order valence-corrected chi connectivity index (χ3v) is 3.61. The van der Waals surface area contributed by atoms with Gasteiger partial charge in [0.25, 0.3) is 0 Å². The summed E-state index contributed by atoms with van der Waals surface area (Å²) in [5, 5.41) is 11.6. The largest absolute Gasteiger partial charge is 1.00 e. The zero-order valence-corrected chi connectivity index (χ0v) is 14.9. The average molecular weight is 324 g/mol. The van der Waals surface area contributed by atoms with E-state index in [0.29, 0.717) is 27.6 Å². The zero-order valence-electron chi connectivity index (χ0n) is 12.2. The van der Waals surface area contributed by atoms with Crippen LogP contribution in [0, 0.1) is 0 Å². The van der Waals surface area contributed by atoms with Crippen LogP contribution in [0.15, 0.2) is 46.9 Å². The normalized spacial score (nSPS) is 11.9. The molecule has 22 heavy (non-hydrogen) atoms. The van der Waals surface area contributed by atoms with Gasteiger partial charge in [0.05, 0.1) is 0 Å². The van der Waals surface area contributed by atoms with E-state index >= 15 is 0 Å². The van der Waals surface area contributed by atoms with E-state index in [9.17, 15) is 9.90 Å². The number of hydrogen-bond acceptors (Lipinski definition) is 4. The van der Waals surface area contributed by atoms with Crippen molar-refractivity contribution in [3.05, 3.63) is 53.1 Å². The second-order valence-electron chi connectivity index (χ2n) is 4.79. The van der Waals surface area contributed by atoms with Crippen LogP contribution in [0.5, 0.6) is 0 Å². The molecule has 0 aliphatic heterocycles. The van der Waals surface area contributed by atoms with Crippen LogP contribution in [0.25, 0.3) is 22.6 Å². The molecule has 3 aromatic rings. The number of aromatic nitrogens is 1. The van der Waals surface area contributed by atoms with Crippen LogP contribution >= 0.6 is 11.6 Å². The van der Waals surface area contributed by atoms with Gasteiger partial charge in [-0.1, -0.05) is 24.6 Å². The maximum Gasteiger partial charge on any atom is 1.00 e. The molecule has 0 aliphatic carbocycles. The average Bonchev–Trinajstić information content (AvgIpc) is 2.89. The van der Waals surface area contributed by atoms with Gasteiger partial charge in [-0.2, -0.15) is 0 Å². The summed E-state index contributed by atoms with van der Waals surface area (Å²) in [6.07, 6.45) is 0. The van der Waals surface area contributed by atoms with Gasteiger partial charge >= 0.3 is 29.6 Å². The number of halogens is 1. The minimum Gasteiger partial charge on any atom is -0.550 e.